The summed E-state index contributed by atoms with van der Waals surface area (Å²) < 4.78 is 4.97. The van der Waals surface area contributed by atoms with Gasteiger partial charge in [0, 0.05) is 0 Å². The molecule has 1 heterocycles. The van der Waals surface area contributed by atoms with E-state index in [1.807, 2.05) is 0 Å². The Morgan fingerprint density at radius 3 is 2.75 bits per heavy atom. The van der Waals surface area contributed by atoms with Gasteiger partial charge in [-0.05, 0) is 6.92 Å². The molecule has 1 atom stereocenters. The lowest BCUT2D eigenvalue weighted by Crippen LogP contribution is -2.31. The van der Waals surface area contributed by atoms with Gasteiger partial charge < -0.3 is 10.1 Å². The molecule has 0 bridgehead atoms. The Morgan fingerprint density at radius 1 is 1.67 bits per heavy atom. The Labute approximate surface area is 69.8 Å². The highest BCUT2D eigenvalue weighted by Crippen LogP contribution is 2.05. The number of rotatable bonds is 3. The van der Waals surface area contributed by atoms with Gasteiger partial charge in [-0.1, -0.05) is 6.58 Å². The van der Waals surface area contributed by atoms with Gasteiger partial charge in [0.05, 0.1) is 6.61 Å². The van der Waals surface area contributed by atoms with Crippen LogP contribution in [0.15, 0.2) is 12.3 Å². The number of ether oxygens (including phenoxy) is 1. The Balaban J connectivity index is 2.58. The van der Waals surface area contributed by atoms with Crippen molar-refractivity contribution < 1.29 is 14.3 Å². The van der Waals surface area contributed by atoms with Crippen LogP contribution in [0.1, 0.15) is 6.92 Å². The first-order valence-electron chi connectivity index (χ1n) is 3.58. The third kappa shape index (κ3) is 1.55. The highest BCUT2D eigenvalue weighted by molar-refractivity contribution is 6.05. The van der Waals surface area contributed by atoms with Gasteiger partial charge in [0.2, 0.25) is 0 Å². The van der Waals surface area contributed by atoms with Crippen LogP contribution < -0.4 is 10.6 Å². The first kappa shape index (κ1) is 8.58. The second-order valence-electron chi connectivity index (χ2n) is 2.30. The summed E-state index contributed by atoms with van der Waals surface area (Å²) in [5.74, 6) is -0.153. The zero-order chi connectivity index (χ0) is 9.14. The molecule has 1 saturated heterocycles. The van der Waals surface area contributed by atoms with Gasteiger partial charge in [0.15, 0.2) is 6.04 Å². The molecule has 0 aromatic carbocycles. The molecule has 1 rings (SSSR count). The summed E-state index contributed by atoms with van der Waals surface area (Å²) >= 11 is 0. The monoisotopic (exact) mass is 170 g/mol. The quantitative estimate of drug-likeness (QED) is 0.453. The molecule has 1 aliphatic rings. The van der Waals surface area contributed by atoms with Gasteiger partial charge in [0.1, 0.15) is 5.76 Å². The van der Waals surface area contributed by atoms with E-state index in [2.05, 4.69) is 17.2 Å². The fourth-order valence-corrected chi connectivity index (χ4v) is 0.912. The maximum atomic E-state index is 11.0. The van der Waals surface area contributed by atoms with Crippen molar-refractivity contribution in [2.75, 3.05) is 6.61 Å². The van der Waals surface area contributed by atoms with Crippen molar-refractivity contribution in [3.05, 3.63) is 12.3 Å². The maximum absolute atomic E-state index is 11.0. The van der Waals surface area contributed by atoms with Gasteiger partial charge in [0.25, 0.3) is 5.91 Å². The number of urea groups is 1. The van der Waals surface area contributed by atoms with Crippen molar-refractivity contribution in [1.82, 2.24) is 10.6 Å². The smallest absolute Gasteiger partial charge is 0.322 e. The molecule has 0 radical (unpaired) electrons. The number of hydrogen-bond donors (Lipinski definition) is 2. The van der Waals surface area contributed by atoms with Gasteiger partial charge in [-0.25, -0.2) is 4.79 Å². The minimum Gasteiger partial charge on any atom is -0.496 e. The standard InChI is InChI=1S/C7H10N2O3/c1-3-12-4(2)5-6(10)9-7(11)8-5/h5H,2-3H2,1H3,(H2,8,9,10,11). The number of hydrogen-bond acceptors (Lipinski definition) is 3. The lowest BCUT2D eigenvalue weighted by molar-refractivity contribution is -0.120. The van der Waals surface area contributed by atoms with E-state index in [9.17, 15) is 9.59 Å². The normalized spacial score (nSPS) is 21.6. The minimum atomic E-state index is -0.738. The largest absolute Gasteiger partial charge is 0.496 e. The zero-order valence-corrected chi connectivity index (χ0v) is 6.72. The lowest BCUT2D eigenvalue weighted by Gasteiger charge is -2.10. The number of carbonyl (C=O) groups excluding carboxylic acids is 2. The highest BCUT2D eigenvalue weighted by atomic mass is 16.5. The van der Waals surface area contributed by atoms with E-state index in [-0.39, 0.29) is 5.76 Å². The van der Waals surface area contributed by atoms with E-state index in [0.717, 1.165) is 0 Å². The molecule has 0 saturated carbocycles. The van der Waals surface area contributed by atoms with Crippen molar-refractivity contribution in [3.8, 4) is 0 Å². The average Bonchev–Trinajstić information content (AvgIpc) is 2.30. The Hall–Kier alpha value is -1.52. The SMILES string of the molecule is C=C(OCC)C1NC(=O)NC1=O. The summed E-state index contributed by atoms with van der Waals surface area (Å²) in [4.78, 5) is 21.6. The molecular weight excluding hydrogens is 160 g/mol. The molecule has 1 fully saturated rings. The van der Waals surface area contributed by atoms with Gasteiger partial charge in [-0.15, -0.1) is 0 Å². The van der Waals surface area contributed by atoms with E-state index < -0.39 is 18.0 Å². The molecule has 0 aromatic heterocycles. The van der Waals surface area contributed by atoms with Crippen LogP contribution in [0.4, 0.5) is 4.79 Å². The Bertz CT molecular complexity index is 237. The molecule has 2 N–H and O–H groups in total. The van der Waals surface area contributed by atoms with Crippen LogP contribution in [0.3, 0.4) is 0 Å². The number of nitrogens with one attached hydrogen (secondary N) is 2. The molecule has 0 aromatic rings. The topological polar surface area (TPSA) is 67.4 Å². The molecular formula is C7H10N2O3. The molecule has 0 aliphatic carbocycles. The van der Waals surface area contributed by atoms with Gasteiger partial charge in [-0.2, -0.15) is 0 Å². The average molecular weight is 170 g/mol. The molecule has 5 heteroatoms. The summed E-state index contributed by atoms with van der Waals surface area (Å²) in [5, 5.41) is 4.44. The Morgan fingerprint density at radius 2 is 2.33 bits per heavy atom. The van der Waals surface area contributed by atoms with Crippen LogP contribution in [0.5, 0.6) is 0 Å². The van der Waals surface area contributed by atoms with Crippen LogP contribution in [-0.2, 0) is 9.53 Å². The highest BCUT2D eigenvalue weighted by Gasteiger charge is 2.32. The van der Waals surface area contributed by atoms with E-state index in [4.69, 9.17) is 4.74 Å². The van der Waals surface area contributed by atoms with E-state index >= 15 is 0 Å². The van der Waals surface area contributed by atoms with Crippen molar-refractivity contribution in [2.45, 2.75) is 13.0 Å². The van der Waals surface area contributed by atoms with Crippen molar-refractivity contribution in [2.24, 2.45) is 0 Å². The van der Waals surface area contributed by atoms with E-state index in [1.165, 1.54) is 0 Å². The molecule has 66 valence electrons. The lowest BCUT2D eigenvalue weighted by atomic mass is 10.2. The first-order chi connectivity index (χ1) is 5.65. The number of carbonyl (C=O) groups is 2. The van der Waals surface area contributed by atoms with Crippen molar-refractivity contribution in [1.29, 1.82) is 0 Å². The number of amides is 3. The minimum absolute atomic E-state index is 0.265. The third-order valence-corrected chi connectivity index (χ3v) is 1.43. The zero-order valence-electron chi connectivity index (χ0n) is 6.72. The fraction of sp³-hybridized carbons (Fsp3) is 0.429. The number of imide groups is 1. The van der Waals surface area contributed by atoms with Crippen molar-refractivity contribution in [3.63, 3.8) is 0 Å². The Kier molecular flexibility index (Phi) is 2.32. The molecule has 1 unspecified atom stereocenters. The summed E-state index contributed by atoms with van der Waals surface area (Å²) in [7, 11) is 0. The van der Waals surface area contributed by atoms with Crippen LogP contribution in [0.2, 0.25) is 0 Å². The van der Waals surface area contributed by atoms with Crippen LogP contribution in [0, 0.1) is 0 Å². The molecule has 0 spiro atoms. The first-order valence-corrected chi connectivity index (χ1v) is 3.58. The molecule has 1 aliphatic heterocycles. The third-order valence-electron chi connectivity index (χ3n) is 1.43. The predicted molar refractivity (Wildman–Crippen MR) is 41.2 cm³/mol. The molecule has 5 nitrogen and oxygen atoms in total. The van der Waals surface area contributed by atoms with Crippen LogP contribution in [-0.4, -0.2) is 24.6 Å². The predicted octanol–water partition coefficient (Wildman–Crippen LogP) is -0.255. The van der Waals surface area contributed by atoms with Crippen LogP contribution >= 0.6 is 0 Å². The molecule has 12 heavy (non-hydrogen) atoms. The van der Waals surface area contributed by atoms with E-state index in [0.29, 0.717) is 6.61 Å². The summed E-state index contributed by atoms with van der Waals surface area (Å²) in [5.41, 5.74) is 0. The van der Waals surface area contributed by atoms with Crippen molar-refractivity contribution >= 4 is 11.9 Å². The van der Waals surface area contributed by atoms with Gasteiger partial charge in [-0.3, -0.25) is 10.1 Å². The summed E-state index contributed by atoms with van der Waals surface area (Å²) in [6, 6.07) is -1.25. The fourth-order valence-electron chi connectivity index (χ4n) is 0.912. The maximum Gasteiger partial charge on any atom is 0.322 e. The summed E-state index contributed by atoms with van der Waals surface area (Å²) in [6.45, 7) is 5.72. The summed E-state index contributed by atoms with van der Waals surface area (Å²) in [6.07, 6.45) is 0. The molecule has 3 amide bonds. The van der Waals surface area contributed by atoms with Gasteiger partial charge >= 0.3 is 6.03 Å². The van der Waals surface area contributed by atoms with E-state index in [1.54, 1.807) is 6.92 Å². The second kappa shape index (κ2) is 3.25. The second-order valence-corrected chi connectivity index (χ2v) is 2.30. The van der Waals surface area contributed by atoms with Crippen LogP contribution in [0.25, 0.3) is 0 Å².